The number of hydrogen-bond acceptors (Lipinski definition) is 5. The molecule has 1 amide bonds. The molecule has 116 valence electrons. The Morgan fingerprint density at radius 2 is 2.00 bits per heavy atom. The zero-order valence-corrected chi connectivity index (χ0v) is 14.7. The highest BCUT2D eigenvalue weighted by Gasteiger charge is 2.34. The fourth-order valence-electron chi connectivity index (χ4n) is 2.62. The van der Waals surface area contributed by atoms with Crippen molar-refractivity contribution in [2.24, 2.45) is 5.41 Å². The largest absolute Gasteiger partial charge is 0.297 e. The summed E-state index contributed by atoms with van der Waals surface area (Å²) in [6, 6.07) is 1.89. The van der Waals surface area contributed by atoms with Gasteiger partial charge in [-0.05, 0) is 37.3 Å². The summed E-state index contributed by atoms with van der Waals surface area (Å²) in [5.41, 5.74) is 1.88. The van der Waals surface area contributed by atoms with Crippen LogP contribution in [0.4, 0.5) is 5.13 Å². The average Bonchev–Trinajstić information content (AvgIpc) is 2.92. The summed E-state index contributed by atoms with van der Waals surface area (Å²) in [6.45, 7) is 8.14. The van der Waals surface area contributed by atoms with Gasteiger partial charge >= 0.3 is 0 Å². The number of nitrogens with zero attached hydrogens (tertiary/aromatic N) is 1. The highest BCUT2D eigenvalue weighted by molar-refractivity contribution is 7.18. The highest BCUT2D eigenvalue weighted by Crippen LogP contribution is 2.38. The standard InChI is InChI=1S/C16H18N2O2S2/c1-8-5-12(21-9(8)2)14(20)18-15-17-10-6-16(3,4)7-11(19)13(10)22-15/h5H,6-7H2,1-4H3,(H,17,18,20). The summed E-state index contributed by atoms with van der Waals surface area (Å²) >= 11 is 2.76. The Morgan fingerprint density at radius 3 is 2.64 bits per heavy atom. The number of aryl methyl sites for hydroxylation is 2. The van der Waals surface area contributed by atoms with Crippen molar-refractivity contribution in [3.8, 4) is 0 Å². The van der Waals surface area contributed by atoms with E-state index >= 15 is 0 Å². The molecule has 22 heavy (non-hydrogen) atoms. The van der Waals surface area contributed by atoms with Gasteiger partial charge in [0.15, 0.2) is 10.9 Å². The van der Waals surface area contributed by atoms with Gasteiger partial charge in [-0.2, -0.15) is 0 Å². The zero-order valence-electron chi connectivity index (χ0n) is 13.1. The number of nitrogens with one attached hydrogen (secondary N) is 1. The molecule has 0 bridgehead atoms. The van der Waals surface area contributed by atoms with Crippen LogP contribution in [0, 0.1) is 19.3 Å². The van der Waals surface area contributed by atoms with Gasteiger partial charge in [0.05, 0.1) is 15.4 Å². The first-order chi connectivity index (χ1) is 10.2. The lowest BCUT2D eigenvalue weighted by molar-refractivity contribution is 0.0915. The molecule has 2 aromatic rings. The van der Waals surface area contributed by atoms with E-state index in [2.05, 4.69) is 24.1 Å². The van der Waals surface area contributed by atoms with Crippen molar-refractivity contribution in [1.29, 1.82) is 0 Å². The number of fused-ring (bicyclic) bond motifs is 1. The molecule has 2 aromatic heterocycles. The molecule has 0 unspecified atom stereocenters. The lowest BCUT2D eigenvalue weighted by atomic mass is 9.78. The number of hydrogen-bond donors (Lipinski definition) is 1. The Kier molecular flexibility index (Phi) is 3.69. The Hall–Kier alpha value is -1.53. The quantitative estimate of drug-likeness (QED) is 0.894. The third-order valence-electron chi connectivity index (χ3n) is 3.85. The number of ketones is 1. The minimum Gasteiger partial charge on any atom is -0.297 e. The van der Waals surface area contributed by atoms with E-state index in [0.717, 1.165) is 22.6 Å². The minimum atomic E-state index is -0.154. The fourth-order valence-corrected chi connectivity index (χ4v) is 4.46. The van der Waals surface area contributed by atoms with Crippen molar-refractivity contribution in [2.45, 2.75) is 40.5 Å². The van der Waals surface area contributed by atoms with E-state index in [1.807, 2.05) is 19.9 Å². The number of aromatic nitrogens is 1. The summed E-state index contributed by atoms with van der Waals surface area (Å²) in [5, 5.41) is 3.35. The van der Waals surface area contributed by atoms with Crippen molar-refractivity contribution in [1.82, 2.24) is 4.98 Å². The third kappa shape index (κ3) is 2.85. The van der Waals surface area contributed by atoms with Crippen molar-refractivity contribution < 1.29 is 9.59 Å². The van der Waals surface area contributed by atoms with Gasteiger partial charge in [0.2, 0.25) is 0 Å². The molecule has 1 N–H and O–H groups in total. The van der Waals surface area contributed by atoms with E-state index in [1.165, 1.54) is 22.7 Å². The van der Waals surface area contributed by atoms with Gasteiger partial charge in [-0.3, -0.25) is 14.9 Å². The van der Waals surface area contributed by atoms with Gasteiger partial charge in [0.1, 0.15) is 0 Å². The summed E-state index contributed by atoms with van der Waals surface area (Å²) in [4.78, 5) is 31.4. The van der Waals surface area contributed by atoms with Crippen LogP contribution in [0.1, 0.15) is 55.7 Å². The predicted molar refractivity (Wildman–Crippen MR) is 90.3 cm³/mol. The topological polar surface area (TPSA) is 59.1 Å². The second-order valence-electron chi connectivity index (χ2n) is 6.54. The van der Waals surface area contributed by atoms with E-state index in [1.54, 1.807) is 0 Å². The van der Waals surface area contributed by atoms with Crippen LogP contribution in [0.2, 0.25) is 0 Å². The van der Waals surface area contributed by atoms with Crippen molar-refractivity contribution in [2.75, 3.05) is 5.32 Å². The van der Waals surface area contributed by atoms with E-state index in [0.29, 0.717) is 21.3 Å². The molecule has 3 rings (SSSR count). The molecule has 6 heteroatoms. The summed E-state index contributed by atoms with van der Waals surface area (Å²) < 4.78 is 0. The SMILES string of the molecule is Cc1cc(C(=O)Nc2nc3c(s2)C(=O)CC(C)(C)C3)sc1C. The van der Waals surface area contributed by atoms with Crippen LogP contribution in [-0.2, 0) is 6.42 Å². The van der Waals surface area contributed by atoms with Crippen molar-refractivity contribution in [3.05, 3.63) is 32.0 Å². The molecule has 1 aliphatic rings. The molecule has 0 saturated heterocycles. The number of rotatable bonds is 2. The summed E-state index contributed by atoms with van der Waals surface area (Å²) in [7, 11) is 0. The fraction of sp³-hybridized carbons (Fsp3) is 0.438. The number of amides is 1. The number of thiophene rings is 1. The maximum absolute atomic E-state index is 12.3. The lowest BCUT2D eigenvalue weighted by Crippen LogP contribution is -2.26. The van der Waals surface area contributed by atoms with Crippen molar-refractivity contribution in [3.63, 3.8) is 0 Å². The maximum atomic E-state index is 12.3. The Bertz CT molecular complexity index is 752. The summed E-state index contributed by atoms with van der Waals surface area (Å²) in [6.07, 6.45) is 1.32. The van der Waals surface area contributed by atoms with Crippen LogP contribution in [0.15, 0.2) is 6.07 Å². The second kappa shape index (κ2) is 5.28. The van der Waals surface area contributed by atoms with Crippen LogP contribution in [-0.4, -0.2) is 16.7 Å². The number of thiazole rings is 1. The molecule has 0 saturated carbocycles. The van der Waals surface area contributed by atoms with Gasteiger partial charge in [-0.1, -0.05) is 25.2 Å². The Labute approximate surface area is 137 Å². The first-order valence-electron chi connectivity index (χ1n) is 7.16. The molecular weight excluding hydrogens is 316 g/mol. The first kappa shape index (κ1) is 15.4. The molecule has 0 aromatic carbocycles. The molecule has 0 radical (unpaired) electrons. The van der Waals surface area contributed by atoms with E-state index in [-0.39, 0.29) is 17.1 Å². The van der Waals surface area contributed by atoms with Crippen LogP contribution in [0.5, 0.6) is 0 Å². The van der Waals surface area contributed by atoms with Crippen LogP contribution >= 0.6 is 22.7 Å². The van der Waals surface area contributed by atoms with E-state index in [9.17, 15) is 9.59 Å². The Morgan fingerprint density at radius 1 is 1.27 bits per heavy atom. The first-order valence-corrected chi connectivity index (χ1v) is 8.80. The molecule has 2 heterocycles. The van der Waals surface area contributed by atoms with Gasteiger partial charge < -0.3 is 0 Å². The normalized spacial score (nSPS) is 16.5. The molecule has 0 spiro atoms. The van der Waals surface area contributed by atoms with Gasteiger partial charge in [-0.15, -0.1) is 11.3 Å². The third-order valence-corrected chi connectivity index (χ3v) is 6.05. The van der Waals surface area contributed by atoms with Crippen LogP contribution < -0.4 is 5.32 Å². The molecule has 1 aliphatic carbocycles. The zero-order chi connectivity index (χ0) is 16.1. The number of carbonyl (C=O) groups excluding carboxylic acids is 2. The number of Topliss-reactive ketones (excluding diaryl/α,β-unsaturated/α-hetero) is 1. The van der Waals surface area contributed by atoms with Gasteiger partial charge in [-0.25, -0.2) is 4.98 Å². The molecule has 0 aliphatic heterocycles. The number of anilines is 1. The second-order valence-corrected chi connectivity index (χ2v) is 8.80. The minimum absolute atomic E-state index is 0.0542. The molecule has 0 fully saturated rings. The molecular formula is C16H18N2O2S2. The van der Waals surface area contributed by atoms with E-state index < -0.39 is 0 Å². The molecule has 0 atom stereocenters. The van der Waals surface area contributed by atoms with Gasteiger partial charge in [0.25, 0.3) is 5.91 Å². The molecule has 4 nitrogen and oxygen atoms in total. The maximum Gasteiger partial charge on any atom is 0.267 e. The van der Waals surface area contributed by atoms with Crippen LogP contribution in [0.3, 0.4) is 0 Å². The predicted octanol–water partition coefficient (Wildman–Crippen LogP) is 4.23. The summed E-state index contributed by atoms with van der Waals surface area (Å²) in [5.74, 6) is -0.0222. The monoisotopic (exact) mass is 334 g/mol. The van der Waals surface area contributed by atoms with Gasteiger partial charge in [0, 0.05) is 11.3 Å². The highest BCUT2D eigenvalue weighted by atomic mass is 32.1. The lowest BCUT2D eigenvalue weighted by Gasteiger charge is -2.26. The van der Waals surface area contributed by atoms with Crippen LogP contribution in [0.25, 0.3) is 0 Å². The van der Waals surface area contributed by atoms with Crippen molar-refractivity contribution >= 4 is 39.5 Å². The Balaban J connectivity index is 1.83. The van der Waals surface area contributed by atoms with E-state index in [4.69, 9.17) is 0 Å². The average molecular weight is 334 g/mol. The smallest absolute Gasteiger partial charge is 0.267 e. The number of carbonyl (C=O) groups is 2.